The summed E-state index contributed by atoms with van der Waals surface area (Å²) in [5.41, 5.74) is 0.291. The first kappa shape index (κ1) is 15.1. The van der Waals surface area contributed by atoms with Crippen LogP contribution in [-0.2, 0) is 0 Å². The first-order chi connectivity index (χ1) is 10.5. The number of nitrogens with zero attached hydrogens (tertiary/aromatic N) is 1. The second-order valence-corrected chi connectivity index (χ2v) is 6.09. The number of thiazole rings is 1. The number of rotatable bonds is 2. The van der Waals surface area contributed by atoms with Gasteiger partial charge >= 0.3 is 0 Å². The molecule has 1 amide bonds. The molecule has 0 radical (unpaired) electrons. The minimum absolute atomic E-state index is 0.243. The number of hydrogen-bond acceptors (Lipinski definition) is 3. The van der Waals surface area contributed by atoms with Crippen molar-refractivity contribution < 1.29 is 13.6 Å². The van der Waals surface area contributed by atoms with Crippen molar-refractivity contribution in [3.05, 3.63) is 57.6 Å². The van der Waals surface area contributed by atoms with E-state index in [9.17, 15) is 13.6 Å². The maximum absolute atomic E-state index is 13.6. The molecule has 2 aromatic carbocycles. The lowest BCUT2D eigenvalue weighted by Crippen LogP contribution is -2.13. The molecule has 0 bridgehead atoms. The van der Waals surface area contributed by atoms with Crippen LogP contribution in [0.4, 0.5) is 13.9 Å². The number of fused-ring (bicyclic) bond motifs is 1. The van der Waals surface area contributed by atoms with Crippen molar-refractivity contribution in [2.45, 2.75) is 0 Å². The number of halogens is 4. The van der Waals surface area contributed by atoms with E-state index in [1.807, 2.05) is 0 Å². The molecule has 0 fully saturated rings. The van der Waals surface area contributed by atoms with E-state index in [-0.39, 0.29) is 10.7 Å². The van der Waals surface area contributed by atoms with Crippen molar-refractivity contribution >= 4 is 55.8 Å². The number of amides is 1. The van der Waals surface area contributed by atoms with Crippen molar-refractivity contribution in [3.63, 3.8) is 0 Å². The zero-order valence-electron chi connectivity index (χ0n) is 10.7. The average molecular weight is 359 g/mol. The highest BCUT2D eigenvalue weighted by molar-refractivity contribution is 7.23. The molecule has 0 saturated carbocycles. The SMILES string of the molecule is O=C(Nc1nc2ccc(Cl)c(Cl)c2s1)c1ccc(F)cc1F. The van der Waals surface area contributed by atoms with Crippen molar-refractivity contribution in [1.29, 1.82) is 0 Å². The molecule has 0 aliphatic carbocycles. The van der Waals surface area contributed by atoms with Crippen LogP contribution in [0.2, 0.25) is 10.0 Å². The molecule has 0 unspecified atom stereocenters. The first-order valence-corrected chi connectivity index (χ1v) is 7.54. The molecule has 8 heteroatoms. The molecule has 0 spiro atoms. The first-order valence-electron chi connectivity index (χ1n) is 5.96. The minimum Gasteiger partial charge on any atom is -0.298 e. The normalized spacial score (nSPS) is 10.9. The molecule has 112 valence electrons. The van der Waals surface area contributed by atoms with E-state index in [0.29, 0.717) is 26.3 Å². The molecule has 3 rings (SSSR count). The van der Waals surface area contributed by atoms with Gasteiger partial charge in [0.15, 0.2) is 5.13 Å². The van der Waals surface area contributed by atoms with Gasteiger partial charge in [-0.15, -0.1) is 0 Å². The molecule has 0 aliphatic heterocycles. The quantitative estimate of drug-likeness (QED) is 0.689. The second kappa shape index (κ2) is 5.79. The van der Waals surface area contributed by atoms with Crippen LogP contribution < -0.4 is 5.32 Å². The van der Waals surface area contributed by atoms with Gasteiger partial charge in [0.05, 0.1) is 25.8 Å². The number of anilines is 1. The predicted molar refractivity (Wildman–Crippen MR) is 84.0 cm³/mol. The van der Waals surface area contributed by atoms with E-state index in [4.69, 9.17) is 23.2 Å². The lowest BCUT2D eigenvalue weighted by Gasteiger charge is -2.02. The van der Waals surface area contributed by atoms with E-state index in [0.717, 1.165) is 23.5 Å². The van der Waals surface area contributed by atoms with Gasteiger partial charge in [-0.2, -0.15) is 0 Å². The maximum Gasteiger partial charge on any atom is 0.260 e. The largest absolute Gasteiger partial charge is 0.298 e. The van der Waals surface area contributed by atoms with E-state index in [1.165, 1.54) is 0 Å². The molecule has 1 heterocycles. The fourth-order valence-electron chi connectivity index (χ4n) is 1.83. The Morgan fingerprint density at radius 1 is 1.18 bits per heavy atom. The molecule has 3 aromatic rings. The van der Waals surface area contributed by atoms with Gasteiger partial charge in [0.25, 0.3) is 5.91 Å². The molecule has 22 heavy (non-hydrogen) atoms. The fourth-order valence-corrected chi connectivity index (χ4v) is 3.22. The fraction of sp³-hybridized carbons (Fsp3) is 0. The Hall–Kier alpha value is -1.76. The summed E-state index contributed by atoms with van der Waals surface area (Å²) in [5, 5.41) is 3.42. The number of benzene rings is 2. The predicted octanol–water partition coefficient (Wildman–Crippen LogP) is 5.13. The van der Waals surface area contributed by atoms with E-state index in [1.54, 1.807) is 12.1 Å². The van der Waals surface area contributed by atoms with Crippen LogP contribution in [0, 0.1) is 11.6 Å². The number of aromatic nitrogens is 1. The highest BCUT2D eigenvalue weighted by Crippen LogP contribution is 2.36. The van der Waals surface area contributed by atoms with Gasteiger partial charge in [-0.3, -0.25) is 10.1 Å². The lowest BCUT2D eigenvalue weighted by atomic mass is 10.2. The number of carbonyl (C=O) groups is 1. The molecular weight excluding hydrogens is 353 g/mol. The van der Waals surface area contributed by atoms with Crippen LogP contribution in [0.1, 0.15) is 10.4 Å². The van der Waals surface area contributed by atoms with Crippen LogP contribution in [0.5, 0.6) is 0 Å². The number of hydrogen-bond donors (Lipinski definition) is 1. The summed E-state index contributed by atoms with van der Waals surface area (Å²) in [6.45, 7) is 0. The summed E-state index contributed by atoms with van der Waals surface area (Å²) < 4.78 is 27.0. The van der Waals surface area contributed by atoms with Gasteiger partial charge in [0.1, 0.15) is 11.6 Å². The van der Waals surface area contributed by atoms with Gasteiger partial charge in [-0.1, -0.05) is 34.5 Å². The third kappa shape index (κ3) is 2.77. The summed E-state index contributed by atoms with van der Waals surface area (Å²) in [5.74, 6) is -2.42. The van der Waals surface area contributed by atoms with Gasteiger partial charge in [0.2, 0.25) is 0 Å². The van der Waals surface area contributed by atoms with Crippen LogP contribution >= 0.6 is 34.5 Å². The van der Waals surface area contributed by atoms with E-state index >= 15 is 0 Å². The molecule has 0 atom stereocenters. The smallest absolute Gasteiger partial charge is 0.260 e. The topological polar surface area (TPSA) is 42.0 Å². The van der Waals surface area contributed by atoms with Gasteiger partial charge in [-0.05, 0) is 24.3 Å². The van der Waals surface area contributed by atoms with Crippen LogP contribution in [0.3, 0.4) is 0 Å². The molecule has 0 saturated heterocycles. The van der Waals surface area contributed by atoms with Gasteiger partial charge in [-0.25, -0.2) is 13.8 Å². The highest BCUT2D eigenvalue weighted by Gasteiger charge is 2.16. The third-order valence-electron chi connectivity index (χ3n) is 2.85. The van der Waals surface area contributed by atoms with Crippen LogP contribution in [0.15, 0.2) is 30.3 Å². The Balaban J connectivity index is 1.92. The Bertz CT molecular complexity index is 898. The van der Waals surface area contributed by atoms with Crippen molar-refractivity contribution in [2.75, 3.05) is 5.32 Å². The standard InChI is InChI=1S/C14H6Cl2F2N2OS/c15-8-3-4-10-12(11(8)16)22-14(19-10)20-13(21)7-2-1-6(17)5-9(7)18/h1-5H,(H,19,20,21). The van der Waals surface area contributed by atoms with E-state index in [2.05, 4.69) is 10.3 Å². The van der Waals surface area contributed by atoms with Gasteiger partial charge in [0, 0.05) is 6.07 Å². The zero-order chi connectivity index (χ0) is 15.9. The van der Waals surface area contributed by atoms with Crippen LogP contribution in [-0.4, -0.2) is 10.9 Å². The highest BCUT2D eigenvalue weighted by atomic mass is 35.5. The summed E-state index contributed by atoms with van der Waals surface area (Å²) in [7, 11) is 0. The van der Waals surface area contributed by atoms with E-state index < -0.39 is 17.5 Å². The minimum atomic E-state index is -0.945. The average Bonchev–Trinajstić information content (AvgIpc) is 2.86. The summed E-state index contributed by atoms with van der Waals surface area (Å²) in [4.78, 5) is 16.2. The lowest BCUT2D eigenvalue weighted by molar-refractivity contribution is 0.102. The van der Waals surface area contributed by atoms with Crippen molar-refractivity contribution in [2.24, 2.45) is 0 Å². The molecule has 3 nitrogen and oxygen atoms in total. The third-order valence-corrected chi connectivity index (χ3v) is 4.77. The Morgan fingerprint density at radius 2 is 1.95 bits per heavy atom. The second-order valence-electron chi connectivity index (χ2n) is 4.31. The number of nitrogens with one attached hydrogen (secondary N) is 1. The molecule has 1 N–H and O–H groups in total. The maximum atomic E-state index is 13.6. The van der Waals surface area contributed by atoms with Crippen LogP contribution in [0.25, 0.3) is 10.2 Å². The Labute approximate surface area is 137 Å². The Kier molecular flexibility index (Phi) is 3.99. The monoisotopic (exact) mass is 358 g/mol. The van der Waals surface area contributed by atoms with Crippen molar-refractivity contribution in [1.82, 2.24) is 4.98 Å². The van der Waals surface area contributed by atoms with Gasteiger partial charge < -0.3 is 0 Å². The zero-order valence-corrected chi connectivity index (χ0v) is 13.0. The summed E-state index contributed by atoms with van der Waals surface area (Å²) >= 11 is 13.1. The molecular formula is C14H6Cl2F2N2OS. The van der Waals surface area contributed by atoms with Crippen molar-refractivity contribution in [3.8, 4) is 0 Å². The summed E-state index contributed by atoms with van der Waals surface area (Å²) in [6.07, 6.45) is 0. The molecule has 0 aliphatic rings. The Morgan fingerprint density at radius 3 is 2.68 bits per heavy atom. The molecule has 1 aromatic heterocycles. The summed E-state index contributed by atoms with van der Waals surface area (Å²) in [6, 6.07) is 5.97. The number of carbonyl (C=O) groups excluding carboxylic acids is 1.